The highest BCUT2D eigenvalue weighted by Gasteiger charge is 2.25. The number of nitrogens with two attached hydrogens (primary N) is 1. The van der Waals surface area contributed by atoms with Crippen LogP contribution in [0.4, 0.5) is 5.00 Å². The van der Waals surface area contributed by atoms with Crippen molar-refractivity contribution < 1.29 is 14.4 Å². The second-order valence-electron chi connectivity index (χ2n) is 4.63. The summed E-state index contributed by atoms with van der Waals surface area (Å²) in [6.45, 7) is 1.51. The van der Waals surface area contributed by atoms with E-state index >= 15 is 0 Å². The average molecular weight is 280 g/mol. The van der Waals surface area contributed by atoms with E-state index in [-0.39, 0.29) is 24.5 Å². The zero-order valence-electron chi connectivity index (χ0n) is 10.7. The largest absolute Gasteiger partial charge is 0.370 e. The predicted molar refractivity (Wildman–Crippen MR) is 73.4 cm³/mol. The second kappa shape index (κ2) is 5.52. The summed E-state index contributed by atoms with van der Waals surface area (Å²) in [5.74, 6) is -0.804. The van der Waals surface area contributed by atoms with Gasteiger partial charge >= 0.3 is 0 Å². The van der Waals surface area contributed by atoms with E-state index in [9.17, 15) is 14.4 Å². The lowest BCUT2D eigenvalue weighted by atomic mass is 10.1. The van der Waals surface area contributed by atoms with Crippen LogP contribution in [0.15, 0.2) is 0 Å². The van der Waals surface area contributed by atoms with Crippen molar-refractivity contribution in [1.29, 1.82) is 0 Å². The zero-order chi connectivity index (χ0) is 14.0. The van der Waals surface area contributed by atoms with Crippen molar-refractivity contribution >= 4 is 33.9 Å². The highest BCUT2D eigenvalue weighted by Crippen LogP contribution is 2.39. The molecule has 1 aromatic rings. The molecule has 3 N–H and O–H groups in total. The molecule has 1 heterocycles. The Hall–Kier alpha value is -1.69. The Kier molecular flexibility index (Phi) is 3.99. The summed E-state index contributed by atoms with van der Waals surface area (Å²) < 4.78 is 0. The summed E-state index contributed by atoms with van der Waals surface area (Å²) in [4.78, 5) is 35.2. The summed E-state index contributed by atoms with van der Waals surface area (Å²) in [6.07, 6.45) is 3.01. The Morgan fingerprint density at radius 3 is 2.63 bits per heavy atom. The summed E-state index contributed by atoms with van der Waals surface area (Å²) in [5, 5.41) is 3.34. The third-order valence-corrected chi connectivity index (χ3v) is 4.33. The van der Waals surface area contributed by atoms with Gasteiger partial charge in [0.1, 0.15) is 5.00 Å². The van der Waals surface area contributed by atoms with E-state index in [0.717, 1.165) is 24.8 Å². The van der Waals surface area contributed by atoms with Crippen LogP contribution in [-0.4, -0.2) is 17.6 Å². The van der Waals surface area contributed by atoms with Crippen LogP contribution >= 0.6 is 11.3 Å². The molecule has 6 heteroatoms. The summed E-state index contributed by atoms with van der Waals surface area (Å²) in [5.41, 5.74) is 6.73. The Morgan fingerprint density at radius 1 is 1.26 bits per heavy atom. The lowest BCUT2D eigenvalue weighted by Crippen LogP contribution is -2.17. The number of carbonyl (C=O) groups is 3. The van der Waals surface area contributed by atoms with Gasteiger partial charge in [0.2, 0.25) is 11.8 Å². The number of Topliss-reactive ketones (excluding diaryl/α,β-unsaturated/α-hetero) is 1. The van der Waals surface area contributed by atoms with Crippen LogP contribution in [0, 0.1) is 0 Å². The quantitative estimate of drug-likeness (QED) is 0.803. The molecule has 2 amide bonds. The van der Waals surface area contributed by atoms with E-state index in [1.807, 2.05) is 0 Å². The molecule has 0 bridgehead atoms. The molecular weight excluding hydrogens is 264 g/mol. The topological polar surface area (TPSA) is 89.3 Å². The molecule has 2 rings (SSSR count). The van der Waals surface area contributed by atoms with Gasteiger partial charge in [0, 0.05) is 17.7 Å². The standard InChI is InChI=1S/C13H16N2O3S/c1-7(16)12-8-3-2-4-9(8)19-13(12)15-11(18)6-5-10(14)17/h2-6H2,1H3,(H2,14,17)(H,15,18). The van der Waals surface area contributed by atoms with E-state index in [0.29, 0.717) is 10.6 Å². The van der Waals surface area contributed by atoms with E-state index in [1.165, 1.54) is 23.1 Å². The minimum atomic E-state index is -0.504. The van der Waals surface area contributed by atoms with Crippen molar-refractivity contribution in [3.05, 3.63) is 16.0 Å². The van der Waals surface area contributed by atoms with Gasteiger partial charge in [0.15, 0.2) is 5.78 Å². The lowest BCUT2D eigenvalue weighted by molar-refractivity contribution is -0.122. The fourth-order valence-electron chi connectivity index (χ4n) is 2.29. The predicted octanol–water partition coefficient (Wildman–Crippen LogP) is 1.64. The molecular formula is C13H16N2O3S. The summed E-state index contributed by atoms with van der Waals surface area (Å²) in [6, 6.07) is 0. The van der Waals surface area contributed by atoms with Gasteiger partial charge in [-0.05, 0) is 31.7 Å². The number of fused-ring (bicyclic) bond motifs is 1. The third kappa shape index (κ3) is 3.01. The number of amides is 2. The SMILES string of the molecule is CC(=O)c1c(NC(=O)CCC(N)=O)sc2c1CCC2. The molecule has 102 valence electrons. The van der Waals surface area contributed by atoms with Crippen LogP contribution in [0.5, 0.6) is 0 Å². The molecule has 0 radical (unpaired) electrons. The minimum absolute atomic E-state index is 0.0202. The molecule has 0 atom stereocenters. The fourth-order valence-corrected chi connectivity index (χ4v) is 3.64. The molecule has 5 nitrogen and oxygen atoms in total. The second-order valence-corrected chi connectivity index (χ2v) is 5.74. The van der Waals surface area contributed by atoms with Gasteiger partial charge in [-0.3, -0.25) is 14.4 Å². The number of hydrogen-bond acceptors (Lipinski definition) is 4. The molecule has 0 spiro atoms. The van der Waals surface area contributed by atoms with Crippen molar-refractivity contribution in [2.24, 2.45) is 5.73 Å². The first-order valence-electron chi connectivity index (χ1n) is 6.22. The number of ketones is 1. The molecule has 0 unspecified atom stereocenters. The van der Waals surface area contributed by atoms with E-state index < -0.39 is 5.91 Å². The van der Waals surface area contributed by atoms with E-state index in [2.05, 4.69) is 5.32 Å². The third-order valence-electron chi connectivity index (χ3n) is 3.12. The van der Waals surface area contributed by atoms with Gasteiger partial charge in [0.25, 0.3) is 0 Å². The van der Waals surface area contributed by atoms with Crippen molar-refractivity contribution in [1.82, 2.24) is 0 Å². The Morgan fingerprint density at radius 2 is 2.00 bits per heavy atom. The molecule has 0 aliphatic heterocycles. The molecule has 0 fully saturated rings. The zero-order valence-corrected chi connectivity index (χ0v) is 11.6. The van der Waals surface area contributed by atoms with Gasteiger partial charge in [-0.1, -0.05) is 0 Å². The average Bonchev–Trinajstić information content (AvgIpc) is 2.85. The normalized spacial score (nSPS) is 13.1. The Labute approximate surface area is 115 Å². The van der Waals surface area contributed by atoms with Gasteiger partial charge in [-0.25, -0.2) is 0 Å². The van der Waals surface area contributed by atoms with Gasteiger partial charge in [-0.15, -0.1) is 11.3 Å². The number of aryl methyl sites for hydroxylation is 1. The van der Waals surface area contributed by atoms with Crippen LogP contribution in [0.2, 0.25) is 0 Å². The number of anilines is 1. The van der Waals surface area contributed by atoms with Crippen LogP contribution in [0.25, 0.3) is 0 Å². The molecule has 0 saturated heterocycles. The number of primary amides is 1. The Balaban J connectivity index is 2.14. The van der Waals surface area contributed by atoms with Crippen molar-refractivity contribution in [2.45, 2.75) is 39.0 Å². The van der Waals surface area contributed by atoms with Crippen LogP contribution in [-0.2, 0) is 22.4 Å². The summed E-state index contributed by atoms with van der Waals surface area (Å²) >= 11 is 1.47. The van der Waals surface area contributed by atoms with Gasteiger partial charge < -0.3 is 11.1 Å². The minimum Gasteiger partial charge on any atom is -0.370 e. The Bertz CT molecular complexity index is 548. The maximum Gasteiger partial charge on any atom is 0.225 e. The van der Waals surface area contributed by atoms with Crippen molar-refractivity contribution in [2.75, 3.05) is 5.32 Å². The first-order valence-corrected chi connectivity index (χ1v) is 7.04. The lowest BCUT2D eigenvalue weighted by Gasteiger charge is -2.05. The highest BCUT2D eigenvalue weighted by molar-refractivity contribution is 7.17. The van der Waals surface area contributed by atoms with Crippen molar-refractivity contribution in [3.63, 3.8) is 0 Å². The van der Waals surface area contributed by atoms with Crippen molar-refractivity contribution in [3.8, 4) is 0 Å². The molecule has 1 aliphatic carbocycles. The molecule has 0 saturated carbocycles. The number of hydrogen-bond donors (Lipinski definition) is 2. The molecule has 19 heavy (non-hydrogen) atoms. The number of carbonyl (C=O) groups excluding carboxylic acids is 3. The monoisotopic (exact) mass is 280 g/mol. The number of thiophene rings is 1. The van der Waals surface area contributed by atoms with Gasteiger partial charge in [0.05, 0.1) is 5.56 Å². The van der Waals surface area contributed by atoms with Crippen LogP contribution < -0.4 is 11.1 Å². The first-order chi connectivity index (χ1) is 8.99. The number of nitrogens with one attached hydrogen (secondary N) is 1. The van der Waals surface area contributed by atoms with Crippen LogP contribution in [0.1, 0.15) is 47.0 Å². The molecule has 1 aliphatic rings. The van der Waals surface area contributed by atoms with Gasteiger partial charge in [-0.2, -0.15) is 0 Å². The van der Waals surface area contributed by atoms with Crippen LogP contribution in [0.3, 0.4) is 0 Å². The maximum absolute atomic E-state index is 11.7. The summed E-state index contributed by atoms with van der Waals surface area (Å²) in [7, 11) is 0. The first kappa shape index (κ1) is 13.7. The highest BCUT2D eigenvalue weighted by atomic mass is 32.1. The van der Waals surface area contributed by atoms with E-state index in [4.69, 9.17) is 5.73 Å². The van der Waals surface area contributed by atoms with E-state index in [1.54, 1.807) is 0 Å². The fraction of sp³-hybridized carbons (Fsp3) is 0.462. The molecule has 0 aromatic carbocycles. The smallest absolute Gasteiger partial charge is 0.225 e. The molecule has 1 aromatic heterocycles. The maximum atomic E-state index is 11.7. The number of rotatable bonds is 5.